The van der Waals surface area contributed by atoms with Crippen molar-refractivity contribution in [2.45, 2.75) is 32.4 Å². The fourth-order valence-corrected chi connectivity index (χ4v) is 3.33. The Bertz CT molecular complexity index is 532. The Labute approximate surface area is 119 Å². The van der Waals surface area contributed by atoms with Crippen LogP contribution < -0.4 is 0 Å². The molecule has 1 atom stereocenters. The van der Waals surface area contributed by atoms with Crippen molar-refractivity contribution < 1.29 is 13.2 Å². The first-order chi connectivity index (χ1) is 8.74. The maximum atomic E-state index is 12.1. The first kappa shape index (κ1) is 16.2. The van der Waals surface area contributed by atoms with E-state index in [0.29, 0.717) is 22.9 Å². The standard InChI is InChI=1S/C14H19ClO3S/c1-10(2)8-9-19(17,18)11(3)14(16)12-4-6-13(15)7-5-12/h4-7,10-11H,8-9H2,1-3H3. The van der Waals surface area contributed by atoms with Crippen LogP contribution in [0.3, 0.4) is 0 Å². The summed E-state index contributed by atoms with van der Waals surface area (Å²) < 4.78 is 24.1. The number of ketones is 1. The van der Waals surface area contributed by atoms with E-state index < -0.39 is 15.1 Å². The summed E-state index contributed by atoms with van der Waals surface area (Å²) in [7, 11) is -3.40. The highest BCUT2D eigenvalue weighted by molar-refractivity contribution is 7.92. The molecule has 0 fully saturated rings. The minimum absolute atomic E-state index is 0.0468. The summed E-state index contributed by atoms with van der Waals surface area (Å²) in [6.07, 6.45) is 0.570. The van der Waals surface area contributed by atoms with Gasteiger partial charge in [-0.15, -0.1) is 0 Å². The molecule has 0 aliphatic carbocycles. The molecule has 0 heterocycles. The molecule has 106 valence electrons. The van der Waals surface area contributed by atoms with Crippen LogP contribution in [-0.2, 0) is 9.84 Å². The average molecular weight is 303 g/mol. The third-order valence-electron chi connectivity index (χ3n) is 3.02. The van der Waals surface area contributed by atoms with Gasteiger partial charge in [0.15, 0.2) is 15.6 Å². The van der Waals surface area contributed by atoms with Gasteiger partial charge in [-0.25, -0.2) is 8.42 Å². The van der Waals surface area contributed by atoms with Crippen molar-refractivity contribution in [3.8, 4) is 0 Å². The minimum Gasteiger partial charge on any atom is -0.293 e. The number of Topliss-reactive ketones (excluding diaryl/α,β-unsaturated/α-hetero) is 1. The summed E-state index contributed by atoms with van der Waals surface area (Å²) in [5, 5.41) is -0.487. The smallest absolute Gasteiger partial charge is 0.180 e. The van der Waals surface area contributed by atoms with E-state index in [-0.39, 0.29) is 11.5 Å². The van der Waals surface area contributed by atoms with Gasteiger partial charge in [0, 0.05) is 10.6 Å². The Hall–Kier alpha value is -0.870. The molecule has 3 nitrogen and oxygen atoms in total. The lowest BCUT2D eigenvalue weighted by atomic mass is 10.1. The molecule has 0 spiro atoms. The molecule has 0 saturated heterocycles. The maximum Gasteiger partial charge on any atom is 0.180 e. The highest BCUT2D eigenvalue weighted by atomic mass is 35.5. The molecule has 19 heavy (non-hydrogen) atoms. The van der Waals surface area contributed by atoms with Crippen LogP contribution >= 0.6 is 11.6 Å². The summed E-state index contributed by atoms with van der Waals surface area (Å²) in [6, 6.07) is 6.28. The molecule has 0 N–H and O–H groups in total. The molecule has 1 unspecified atom stereocenters. The van der Waals surface area contributed by atoms with Crippen LogP contribution in [0.25, 0.3) is 0 Å². The zero-order valence-electron chi connectivity index (χ0n) is 11.4. The molecule has 0 bridgehead atoms. The number of hydrogen-bond donors (Lipinski definition) is 0. The molecule has 0 amide bonds. The lowest BCUT2D eigenvalue weighted by molar-refractivity contribution is 0.0991. The number of halogens is 1. The molecular weight excluding hydrogens is 284 g/mol. The lowest BCUT2D eigenvalue weighted by Crippen LogP contribution is -2.30. The third kappa shape index (κ3) is 4.62. The molecule has 0 aliphatic heterocycles. The second-order valence-electron chi connectivity index (χ2n) is 5.06. The number of carbonyl (C=O) groups excluding carboxylic acids is 1. The highest BCUT2D eigenvalue weighted by Crippen LogP contribution is 2.16. The molecule has 5 heteroatoms. The molecular formula is C14H19ClO3S. The second kappa shape index (κ2) is 6.53. The van der Waals surface area contributed by atoms with Gasteiger partial charge in [0.25, 0.3) is 0 Å². The first-order valence-electron chi connectivity index (χ1n) is 6.25. The monoisotopic (exact) mass is 302 g/mol. The van der Waals surface area contributed by atoms with E-state index in [1.165, 1.54) is 6.92 Å². The molecule has 0 saturated carbocycles. The lowest BCUT2D eigenvalue weighted by Gasteiger charge is -2.13. The third-order valence-corrected chi connectivity index (χ3v) is 5.36. The van der Waals surface area contributed by atoms with Crippen molar-refractivity contribution in [2.24, 2.45) is 5.92 Å². The predicted molar refractivity (Wildman–Crippen MR) is 78.5 cm³/mol. The summed E-state index contributed by atoms with van der Waals surface area (Å²) in [5.74, 6) is -0.0291. The zero-order chi connectivity index (χ0) is 14.6. The van der Waals surface area contributed by atoms with Crippen molar-refractivity contribution in [3.63, 3.8) is 0 Å². The van der Waals surface area contributed by atoms with Gasteiger partial charge in [0.1, 0.15) is 5.25 Å². The SMILES string of the molecule is CC(C)CCS(=O)(=O)C(C)C(=O)c1ccc(Cl)cc1. The number of rotatable bonds is 6. The van der Waals surface area contributed by atoms with E-state index in [2.05, 4.69) is 0 Å². The van der Waals surface area contributed by atoms with Crippen LogP contribution in [0.15, 0.2) is 24.3 Å². The summed E-state index contributed by atoms with van der Waals surface area (Å²) in [5.41, 5.74) is 0.380. The van der Waals surface area contributed by atoms with Crippen LogP contribution in [0.2, 0.25) is 5.02 Å². The van der Waals surface area contributed by atoms with E-state index >= 15 is 0 Å². The van der Waals surface area contributed by atoms with Crippen LogP contribution in [-0.4, -0.2) is 25.2 Å². The van der Waals surface area contributed by atoms with Gasteiger partial charge < -0.3 is 0 Å². The molecule has 0 aromatic heterocycles. The predicted octanol–water partition coefficient (Wildman–Crippen LogP) is 3.37. The van der Waals surface area contributed by atoms with Gasteiger partial charge in [0.2, 0.25) is 0 Å². The second-order valence-corrected chi connectivity index (χ2v) is 7.94. The number of sulfone groups is 1. The summed E-state index contributed by atoms with van der Waals surface area (Å²) in [6.45, 7) is 5.37. The van der Waals surface area contributed by atoms with Crippen LogP contribution in [0.1, 0.15) is 37.6 Å². The van der Waals surface area contributed by atoms with Gasteiger partial charge in [0.05, 0.1) is 5.75 Å². The van der Waals surface area contributed by atoms with Gasteiger partial charge in [-0.2, -0.15) is 0 Å². The van der Waals surface area contributed by atoms with E-state index in [1.54, 1.807) is 24.3 Å². The minimum atomic E-state index is -3.40. The fourth-order valence-electron chi connectivity index (χ4n) is 1.59. The largest absolute Gasteiger partial charge is 0.293 e. The van der Waals surface area contributed by atoms with E-state index in [0.717, 1.165) is 0 Å². The quantitative estimate of drug-likeness (QED) is 0.757. The Balaban J connectivity index is 2.84. The molecule has 0 radical (unpaired) electrons. The molecule has 1 aromatic carbocycles. The van der Waals surface area contributed by atoms with Gasteiger partial charge >= 0.3 is 0 Å². The van der Waals surface area contributed by atoms with Crippen LogP contribution in [0.5, 0.6) is 0 Å². The van der Waals surface area contributed by atoms with Gasteiger partial charge in [-0.3, -0.25) is 4.79 Å². The van der Waals surface area contributed by atoms with E-state index in [9.17, 15) is 13.2 Å². The summed E-state index contributed by atoms with van der Waals surface area (Å²) >= 11 is 5.74. The highest BCUT2D eigenvalue weighted by Gasteiger charge is 2.28. The fraction of sp³-hybridized carbons (Fsp3) is 0.500. The van der Waals surface area contributed by atoms with Crippen LogP contribution in [0, 0.1) is 5.92 Å². The first-order valence-corrected chi connectivity index (χ1v) is 8.34. The number of benzene rings is 1. The Kier molecular flexibility index (Phi) is 5.56. The van der Waals surface area contributed by atoms with E-state index in [4.69, 9.17) is 11.6 Å². The normalized spacial score (nSPS) is 13.5. The maximum absolute atomic E-state index is 12.1. The number of carbonyl (C=O) groups is 1. The molecule has 1 rings (SSSR count). The Morgan fingerprint density at radius 2 is 1.68 bits per heavy atom. The van der Waals surface area contributed by atoms with Crippen molar-refractivity contribution in [2.75, 3.05) is 5.75 Å². The number of hydrogen-bond acceptors (Lipinski definition) is 3. The van der Waals surface area contributed by atoms with Crippen LogP contribution in [0.4, 0.5) is 0 Å². The van der Waals surface area contributed by atoms with E-state index in [1.807, 2.05) is 13.8 Å². The van der Waals surface area contributed by atoms with Crippen molar-refractivity contribution in [1.82, 2.24) is 0 Å². The topological polar surface area (TPSA) is 51.2 Å². The summed E-state index contributed by atoms with van der Waals surface area (Å²) in [4.78, 5) is 12.1. The van der Waals surface area contributed by atoms with Crippen molar-refractivity contribution in [3.05, 3.63) is 34.9 Å². The Morgan fingerprint density at radius 3 is 2.16 bits per heavy atom. The zero-order valence-corrected chi connectivity index (χ0v) is 13.0. The van der Waals surface area contributed by atoms with Crippen molar-refractivity contribution >= 4 is 27.2 Å². The Morgan fingerprint density at radius 1 is 1.16 bits per heavy atom. The van der Waals surface area contributed by atoms with Crippen molar-refractivity contribution in [1.29, 1.82) is 0 Å². The molecule has 1 aromatic rings. The van der Waals surface area contributed by atoms with Gasteiger partial charge in [-0.05, 0) is 43.5 Å². The average Bonchev–Trinajstić information content (AvgIpc) is 2.35. The molecule has 0 aliphatic rings. The van der Waals surface area contributed by atoms with Gasteiger partial charge in [-0.1, -0.05) is 25.4 Å².